The lowest BCUT2D eigenvalue weighted by molar-refractivity contribution is 0.0956. The van der Waals surface area contributed by atoms with Crippen LogP contribution in [-0.2, 0) is 11.2 Å². The highest BCUT2D eigenvalue weighted by Crippen LogP contribution is 2.33. The number of rotatable bonds is 5. The molecule has 1 aliphatic rings. The summed E-state index contributed by atoms with van der Waals surface area (Å²) in [7, 11) is 0. The van der Waals surface area contributed by atoms with Crippen molar-refractivity contribution >= 4 is 0 Å². The first-order valence-electron chi connectivity index (χ1n) is 7.20. The van der Waals surface area contributed by atoms with Crippen molar-refractivity contribution in [3.63, 3.8) is 0 Å². The van der Waals surface area contributed by atoms with E-state index >= 15 is 0 Å². The van der Waals surface area contributed by atoms with Gasteiger partial charge < -0.3 is 10.1 Å². The molecule has 1 heterocycles. The Morgan fingerprint density at radius 1 is 1.28 bits per heavy atom. The molecule has 2 heteroatoms. The third kappa shape index (κ3) is 2.93. The third-order valence-corrected chi connectivity index (χ3v) is 4.03. The zero-order valence-electron chi connectivity index (χ0n) is 11.8. The molecule has 0 amide bonds. The lowest BCUT2D eigenvalue weighted by Gasteiger charge is -2.27. The van der Waals surface area contributed by atoms with Gasteiger partial charge in [0.05, 0.1) is 6.10 Å². The fourth-order valence-corrected chi connectivity index (χ4v) is 2.88. The summed E-state index contributed by atoms with van der Waals surface area (Å²) in [6.07, 6.45) is 2.63. The van der Waals surface area contributed by atoms with E-state index in [1.807, 2.05) is 0 Å². The monoisotopic (exact) mass is 247 g/mol. The summed E-state index contributed by atoms with van der Waals surface area (Å²) >= 11 is 0. The van der Waals surface area contributed by atoms with Crippen LogP contribution in [0.2, 0.25) is 0 Å². The van der Waals surface area contributed by atoms with Gasteiger partial charge >= 0.3 is 0 Å². The average Bonchev–Trinajstić information content (AvgIpc) is 2.82. The average molecular weight is 247 g/mol. The van der Waals surface area contributed by atoms with Gasteiger partial charge in [-0.15, -0.1) is 0 Å². The second kappa shape index (κ2) is 6.35. The molecule has 1 N–H and O–H groups in total. The molecule has 3 unspecified atom stereocenters. The van der Waals surface area contributed by atoms with E-state index in [9.17, 15) is 0 Å². The number of hydrogen-bond donors (Lipinski definition) is 1. The van der Waals surface area contributed by atoms with Gasteiger partial charge in [-0.2, -0.15) is 0 Å². The summed E-state index contributed by atoms with van der Waals surface area (Å²) in [6.45, 7) is 8.48. The number of benzene rings is 1. The summed E-state index contributed by atoms with van der Waals surface area (Å²) in [4.78, 5) is 0. The fourth-order valence-electron chi connectivity index (χ4n) is 2.88. The molecule has 0 spiro atoms. The first-order chi connectivity index (χ1) is 8.76. The van der Waals surface area contributed by atoms with Crippen LogP contribution < -0.4 is 5.32 Å². The first-order valence-corrected chi connectivity index (χ1v) is 7.20. The van der Waals surface area contributed by atoms with Gasteiger partial charge in [-0.25, -0.2) is 0 Å². The molecule has 1 aliphatic heterocycles. The molecule has 3 atom stereocenters. The maximum Gasteiger partial charge on any atom is 0.0594 e. The van der Waals surface area contributed by atoms with E-state index in [1.165, 1.54) is 11.1 Å². The lowest BCUT2D eigenvalue weighted by atomic mass is 9.88. The van der Waals surface area contributed by atoms with Crippen molar-refractivity contribution in [2.24, 2.45) is 5.92 Å². The first kappa shape index (κ1) is 13.6. The SMILES string of the molecule is CCNC(c1ccc(CC)cc1)C1CCOC1C. The molecule has 0 aromatic heterocycles. The Hall–Kier alpha value is -0.860. The van der Waals surface area contributed by atoms with E-state index in [4.69, 9.17) is 4.74 Å². The Morgan fingerprint density at radius 2 is 2.00 bits per heavy atom. The van der Waals surface area contributed by atoms with Crippen LogP contribution in [0.15, 0.2) is 24.3 Å². The third-order valence-electron chi connectivity index (χ3n) is 4.03. The largest absolute Gasteiger partial charge is 0.378 e. The van der Waals surface area contributed by atoms with E-state index in [1.54, 1.807) is 0 Å². The molecular weight excluding hydrogens is 222 g/mol. The van der Waals surface area contributed by atoms with Gasteiger partial charge in [0, 0.05) is 18.6 Å². The zero-order chi connectivity index (χ0) is 13.0. The van der Waals surface area contributed by atoms with Crippen LogP contribution in [0.5, 0.6) is 0 Å². The number of nitrogens with one attached hydrogen (secondary N) is 1. The molecule has 18 heavy (non-hydrogen) atoms. The van der Waals surface area contributed by atoms with Gasteiger partial charge in [-0.05, 0) is 37.4 Å². The minimum atomic E-state index is 0.361. The Morgan fingerprint density at radius 3 is 2.50 bits per heavy atom. The van der Waals surface area contributed by atoms with Crippen molar-refractivity contribution in [2.75, 3.05) is 13.2 Å². The molecule has 100 valence electrons. The van der Waals surface area contributed by atoms with Gasteiger partial charge in [0.25, 0.3) is 0 Å². The molecular formula is C16H25NO. The van der Waals surface area contributed by atoms with Crippen LogP contribution in [0.3, 0.4) is 0 Å². The second-order valence-electron chi connectivity index (χ2n) is 5.16. The van der Waals surface area contributed by atoms with Gasteiger partial charge in [0.1, 0.15) is 0 Å². The highest BCUT2D eigenvalue weighted by Gasteiger charge is 2.32. The van der Waals surface area contributed by atoms with Crippen LogP contribution >= 0.6 is 0 Å². The lowest BCUT2D eigenvalue weighted by Crippen LogP contribution is -2.31. The fraction of sp³-hybridized carbons (Fsp3) is 0.625. The molecule has 1 aromatic rings. The predicted molar refractivity (Wildman–Crippen MR) is 75.8 cm³/mol. The Labute approximate surface area is 111 Å². The quantitative estimate of drug-likeness (QED) is 0.862. The van der Waals surface area contributed by atoms with Crippen LogP contribution in [0.4, 0.5) is 0 Å². The predicted octanol–water partition coefficient (Wildman–Crippen LogP) is 3.32. The van der Waals surface area contributed by atoms with E-state index in [-0.39, 0.29) is 0 Å². The molecule has 0 bridgehead atoms. The van der Waals surface area contributed by atoms with E-state index in [2.05, 4.69) is 50.4 Å². The number of aryl methyl sites for hydroxylation is 1. The van der Waals surface area contributed by atoms with Crippen molar-refractivity contribution in [3.8, 4) is 0 Å². The summed E-state index contributed by atoms with van der Waals surface area (Å²) in [6, 6.07) is 9.48. The van der Waals surface area contributed by atoms with Gasteiger partial charge in [0.2, 0.25) is 0 Å². The van der Waals surface area contributed by atoms with Crippen molar-refractivity contribution in [2.45, 2.75) is 45.8 Å². The van der Waals surface area contributed by atoms with Crippen molar-refractivity contribution in [1.29, 1.82) is 0 Å². The molecule has 0 aliphatic carbocycles. The molecule has 2 nitrogen and oxygen atoms in total. The molecule has 1 fully saturated rings. The summed E-state index contributed by atoms with van der Waals surface area (Å²) < 4.78 is 5.72. The summed E-state index contributed by atoms with van der Waals surface area (Å²) in [5.74, 6) is 0.595. The smallest absolute Gasteiger partial charge is 0.0594 e. The van der Waals surface area contributed by atoms with Crippen molar-refractivity contribution < 1.29 is 4.74 Å². The van der Waals surface area contributed by atoms with Crippen LogP contribution in [0, 0.1) is 5.92 Å². The highest BCUT2D eigenvalue weighted by molar-refractivity contribution is 5.26. The minimum absolute atomic E-state index is 0.361. The second-order valence-corrected chi connectivity index (χ2v) is 5.16. The minimum Gasteiger partial charge on any atom is -0.378 e. The molecule has 1 saturated heterocycles. The zero-order valence-corrected chi connectivity index (χ0v) is 11.8. The van der Waals surface area contributed by atoms with Crippen LogP contribution in [0.25, 0.3) is 0 Å². The van der Waals surface area contributed by atoms with E-state index < -0.39 is 0 Å². The normalized spacial score (nSPS) is 25.3. The molecule has 0 saturated carbocycles. The maximum atomic E-state index is 5.72. The topological polar surface area (TPSA) is 21.3 Å². The van der Waals surface area contributed by atoms with E-state index in [0.717, 1.165) is 26.0 Å². The van der Waals surface area contributed by atoms with Crippen molar-refractivity contribution in [3.05, 3.63) is 35.4 Å². The van der Waals surface area contributed by atoms with Gasteiger partial charge in [-0.3, -0.25) is 0 Å². The Balaban J connectivity index is 2.17. The Kier molecular flexibility index (Phi) is 4.79. The molecule has 1 aromatic carbocycles. The van der Waals surface area contributed by atoms with Crippen LogP contribution in [-0.4, -0.2) is 19.3 Å². The van der Waals surface area contributed by atoms with Gasteiger partial charge in [-0.1, -0.05) is 38.1 Å². The maximum absolute atomic E-state index is 5.72. The van der Waals surface area contributed by atoms with Crippen molar-refractivity contribution in [1.82, 2.24) is 5.32 Å². The molecule has 2 rings (SSSR count). The Bertz CT molecular complexity index is 360. The standard InChI is InChI=1S/C16H25NO/c1-4-13-6-8-14(9-7-13)16(17-5-2)15-10-11-18-12(15)3/h6-9,12,15-17H,4-5,10-11H2,1-3H3. The number of ether oxygens (including phenoxy) is 1. The summed E-state index contributed by atoms with van der Waals surface area (Å²) in [5, 5.41) is 3.63. The number of hydrogen-bond acceptors (Lipinski definition) is 2. The highest BCUT2D eigenvalue weighted by atomic mass is 16.5. The summed E-state index contributed by atoms with van der Waals surface area (Å²) in [5.41, 5.74) is 2.81. The van der Waals surface area contributed by atoms with E-state index in [0.29, 0.717) is 18.1 Å². The van der Waals surface area contributed by atoms with Gasteiger partial charge in [0.15, 0.2) is 0 Å². The van der Waals surface area contributed by atoms with Crippen LogP contribution in [0.1, 0.15) is 44.4 Å². The molecule has 0 radical (unpaired) electrons.